The molecule has 2 aromatic carbocycles. The largest absolute Gasteiger partial charge is 0.480 e. The van der Waals surface area contributed by atoms with Crippen molar-refractivity contribution in [2.75, 3.05) is 6.54 Å². The molecular formula is C25H19F2N3O3. The fourth-order valence-corrected chi connectivity index (χ4v) is 3.55. The third-order valence-corrected chi connectivity index (χ3v) is 5.20. The maximum atomic E-state index is 14.8. The Morgan fingerprint density at radius 3 is 2.52 bits per heavy atom. The van der Waals surface area contributed by atoms with E-state index >= 15 is 0 Å². The number of hydrogen-bond donors (Lipinski definition) is 2. The van der Waals surface area contributed by atoms with Gasteiger partial charge in [0.05, 0.1) is 17.8 Å². The number of amides is 1. The van der Waals surface area contributed by atoms with Gasteiger partial charge in [0.25, 0.3) is 5.91 Å². The second-order valence-electron chi connectivity index (χ2n) is 7.43. The summed E-state index contributed by atoms with van der Waals surface area (Å²) in [5, 5.41) is 12.0. The molecule has 0 fully saturated rings. The molecular weight excluding hydrogens is 428 g/mol. The number of nitrogens with one attached hydrogen (secondary N) is 1. The Labute approximate surface area is 188 Å². The number of pyridine rings is 1. The first-order valence-corrected chi connectivity index (χ1v) is 10.2. The number of carbonyl (C=O) groups is 2. The van der Waals surface area contributed by atoms with E-state index in [0.29, 0.717) is 5.69 Å². The average molecular weight is 447 g/mol. The fourth-order valence-electron chi connectivity index (χ4n) is 3.55. The monoisotopic (exact) mass is 447 g/mol. The molecule has 2 heterocycles. The summed E-state index contributed by atoms with van der Waals surface area (Å²) < 4.78 is 28.0. The Morgan fingerprint density at radius 1 is 1.03 bits per heavy atom. The van der Waals surface area contributed by atoms with E-state index < -0.39 is 23.7 Å². The maximum absolute atomic E-state index is 14.8. The summed E-state index contributed by atoms with van der Waals surface area (Å²) in [6.45, 7) is 0.244. The quantitative estimate of drug-likeness (QED) is 0.578. The van der Waals surface area contributed by atoms with E-state index in [9.17, 15) is 23.5 Å². The number of carboxylic acids is 1. The maximum Gasteiger partial charge on any atom is 0.326 e. The molecule has 1 amide bonds. The van der Waals surface area contributed by atoms with Gasteiger partial charge in [0.1, 0.15) is 17.7 Å². The van der Waals surface area contributed by atoms with E-state index in [4.69, 9.17) is 0 Å². The van der Waals surface area contributed by atoms with Crippen molar-refractivity contribution in [3.8, 4) is 0 Å². The van der Waals surface area contributed by atoms with Gasteiger partial charge in [-0.3, -0.25) is 14.8 Å². The van der Waals surface area contributed by atoms with Gasteiger partial charge in [-0.1, -0.05) is 24.3 Å². The fraction of sp³-hybridized carbons (Fsp3) is 0.120. The Morgan fingerprint density at radius 2 is 1.82 bits per heavy atom. The Balaban J connectivity index is 1.60. The summed E-state index contributed by atoms with van der Waals surface area (Å²) in [6.07, 6.45) is 3.15. The molecule has 1 aliphatic rings. The highest BCUT2D eigenvalue weighted by molar-refractivity contribution is 6.19. The lowest BCUT2D eigenvalue weighted by atomic mass is 9.99. The van der Waals surface area contributed by atoms with Crippen LogP contribution in [0.15, 0.2) is 77.9 Å². The summed E-state index contributed by atoms with van der Waals surface area (Å²) in [6, 6.07) is 13.7. The van der Waals surface area contributed by atoms with Crippen LogP contribution in [0.4, 0.5) is 8.78 Å². The third kappa shape index (κ3) is 5.01. The van der Waals surface area contributed by atoms with Crippen LogP contribution < -0.4 is 5.32 Å². The van der Waals surface area contributed by atoms with Crippen molar-refractivity contribution in [3.05, 3.63) is 107 Å². The van der Waals surface area contributed by atoms with E-state index in [2.05, 4.69) is 15.3 Å². The lowest BCUT2D eigenvalue weighted by molar-refractivity contribution is -0.139. The normalized spacial score (nSPS) is 13.8. The predicted molar refractivity (Wildman–Crippen MR) is 119 cm³/mol. The summed E-state index contributed by atoms with van der Waals surface area (Å²) in [5.74, 6) is -3.00. The Hall–Kier alpha value is -4.20. The predicted octanol–water partition coefficient (Wildman–Crippen LogP) is 3.67. The molecule has 0 spiro atoms. The number of nitrogens with zero attached hydrogens (tertiary/aromatic N) is 2. The second kappa shape index (κ2) is 9.52. The van der Waals surface area contributed by atoms with Gasteiger partial charge in [-0.05, 0) is 53.6 Å². The smallest absolute Gasteiger partial charge is 0.326 e. The van der Waals surface area contributed by atoms with Crippen LogP contribution in [0.3, 0.4) is 0 Å². The van der Waals surface area contributed by atoms with Crippen LogP contribution in [0, 0.1) is 11.6 Å². The number of benzene rings is 2. The molecule has 0 aliphatic carbocycles. The van der Waals surface area contributed by atoms with Gasteiger partial charge in [0.15, 0.2) is 0 Å². The first kappa shape index (κ1) is 22.0. The number of hydrogen-bond acceptors (Lipinski definition) is 4. The molecule has 33 heavy (non-hydrogen) atoms. The molecule has 166 valence electrons. The number of aliphatic carboxylic acids is 1. The minimum absolute atomic E-state index is 0.0194. The molecule has 1 atom stereocenters. The van der Waals surface area contributed by atoms with Gasteiger partial charge in [0.2, 0.25) is 0 Å². The average Bonchev–Trinajstić information content (AvgIpc) is 3.29. The summed E-state index contributed by atoms with van der Waals surface area (Å²) in [7, 11) is 0. The zero-order chi connectivity index (χ0) is 23.4. The van der Waals surface area contributed by atoms with Crippen molar-refractivity contribution >= 4 is 23.2 Å². The van der Waals surface area contributed by atoms with Gasteiger partial charge in [-0.2, -0.15) is 0 Å². The number of aliphatic imine (C=N–C) groups is 1. The van der Waals surface area contributed by atoms with Crippen LogP contribution in [0.2, 0.25) is 0 Å². The highest BCUT2D eigenvalue weighted by atomic mass is 19.1. The number of allylic oxidation sites excluding steroid dienone is 1. The van der Waals surface area contributed by atoms with E-state index in [-0.39, 0.29) is 35.6 Å². The third-order valence-electron chi connectivity index (χ3n) is 5.20. The van der Waals surface area contributed by atoms with Crippen molar-refractivity contribution in [1.82, 2.24) is 10.3 Å². The van der Waals surface area contributed by atoms with Gasteiger partial charge in [-0.15, -0.1) is 0 Å². The second-order valence-corrected chi connectivity index (χ2v) is 7.43. The van der Waals surface area contributed by atoms with E-state index in [1.54, 1.807) is 36.4 Å². The minimum Gasteiger partial charge on any atom is -0.480 e. The van der Waals surface area contributed by atoms with Crippen LogP contribution >= 0.6 is 0 Å². The summed E-state index contributed by atoms with van der Waals surface area (Å²) >= 11 is 0. The van der Waals surface area contributed by atoms with E-state index in [1.165, 1.54) is 36.5 Å². The van der Waals surface area contributed by atoms with Gasteiger partial charge < -0.3 is 10.4 Å². The topological polar surface area (TPSA) is 91.7 Å². The molecule has 3 aromatic rings. The van der Waals surface area contributed by atoms with Crippen LogP contribution in [-0.4, -0.2) is 40.3 Å². The molecule has 0 saturated heterocycles. The zero-order valence-corrected chi connectivity index (χ0v) is 17.3. The molecule has 0 radical (unpaired) electrons. The highest BCUT2D eigenvalue weighted by Crippen LogP contribution is 2.25. The van der Waals surface area contributed by atoms with Gasteiger partial charge in [0, 0.05) is 23.9 Å². The Kier molecular flexibility index (Phi) is 6.35. The van der Waals surface area contributed by atoms with Gasteiger partial charge >= 0.3 is 5.97 Å². The Bertz CT molecular complexity index is 1260. The number of aromatic nitrogens is 1. The molecule has 0 bridgehead atoms. The highest BCUT2D eigenvalue weighted by Gasteiger charge is 2.26. The zero-order valence-electron chi connectivity index (χ0n) is 17.3. The summed E-state index contributed by atoms with van der Waals surface area (Å²) in [4.78, 5) is 33.2. The van der Waals surface area contributed by atoms with Crippen LogP contribution in [0.1, 0.15) is 27.2 Å². The van der Waals surface area contributed by atoms with Crippen LogP contribution in [0.25, 0.3) is 5.57 Å². The molecule has 1 aromatic heterocycles. The standard InChI is InChI=1S/C25H19F2N3O3/c26-17-9-7-15(8-10-17)16-12-21(29-14-16)23-19(5-3-6-20(23)27)24(31)30-22(25(32)33)13-18-4-1-2-11-28-18/h1-12,22H,13-14H2,(H,30,31)(H,32,33)/t22-/m1/s1. The summed E-state index contributed by atoms with van der Waals surface area (Å²) in [5.41, 5.74) is 2.19. The molecule has 4 rings (SSSR count). The van der Waals surface area contributed by atoms with Crippen LogP contribution in [-0.2, 0) is 11.2 Å². The lowest BCUT2D eigenvalue weighted by Crippen LogP contribution is -2.43. The van der Waals surface area contributed by atoms with E-state index in [1.807, 2.05) is 0 Å². The molecule has 0 saturated carbocycles. The molecule has 0 unspecified atom stereocenters. The van der Waals surface area contributed by atoms with Crippen LogP contribution in [0.5, 0.6) is 0 Å². The van der Waals surface area contributed by atoms with E-state index in [0.717, 1.165) is 11.1 Å². The first-order chi connectivity index (χ1) is 15.9. The minimum atomic E-state index is -1.25. The van der Waals surface area contributed by atoms with Crippen molar-refractivity contribution in [2.24, 2.45) is 4.99 Å². The number of carbonyl (C=O) groups excluding carboxylic acids is 1. The number of halogens is 2. The molecule has 1 aliphatic heterocycles. The first-order valence-electron chi connectivity index (χ1n) is 10.2. The molecule has 6 nitrogen and oxygen atoms in total. The number of rotatable bonds is 7. The van der Waals surface area contributed by atoms with Crippen molar-refractivity contribution in [3.63, 3.8) is 0 Å². The van der Waals surface area contributed by atoms with Crippen molar-refractivity contribution in [2.45, 2.75) is 12.5 Å². The SMILES string of the molecule is O=C(N[C@H](Cc1ccccn1)C(=O)O)c1cccc(F)c1C1=NCC(c2ccc(F)cc2)=C1. The van der Waals surface area contributed by atoms with Crippen molar-refractivity contribution < 1.29 is 23.5 Å². The molecule has 2 N–H and O–H groups in total. The molecule has 8 heteroatoms. The van der Waals surface area contributed by atoms with Crippen molar-refractivity contribution in [1.29, 1.82) is 0 Å². The lowest BCUT2D eigenvalue weighted by Gasteiger charge is -2.16. The van der Waals surface area contributed by atoms with Gasteiger partial charge in [-0.25, -0.2) is 13.6 Å². The number of carboxylic acid groups (broad SMARTS) is 1.